The molecule has 1 aliphatic rings. The number of hydrogen-bond donors (Lipinski definition) is 1. The number of aryl methyl sites for hydroxylation is 2. The fraction of sp³-hybridized carbons (Fsp3) is 0.368. The summed E-state index contributed by atoms with van der Waals surface area (Å²) in [5, 5.41) is 2.95. The Labute approximate surface area is 142 Å². The molecule has 1 saturated heterocycles. The second-order valence-electron chi connectivity index (χ2n) is 6.13. The molecule has 0 aliphatic carbocycles. The second kappa shape index (κ2) is 7.45. The van der Waals surface area contributed by atoms with Crippen molar-refractivity contribution in [1.29, 1.82) is 0 Å². The normalized spacial score (nSPS) is 16.8. The number of amides is 1. The van der Waals surface area contributed by atoms with Gasteiger partial charge in [0.1, 0.15) is 5.75 Å². The highest BCUT2D eigenvalue weighted by Gasteiger charge is 2.22. The summed E-state index contributed by atoms with van der Waals surface area (Å²) in [6.45, 7) is 5.76. The highest BCUT2D eigenvalue weighted by atomic mass is 16.5. The molecule has 0 unspecified atom stereocenters. The van der Waals surface area contributed by atoms with Gasteiger partial charge in [0.25, 0.3) is 0 Å². The number of nitrogens with zero attached hydrogens (tertiary/aromatic N) is 1. The summed E-state index contributed by atoms with van der Waals surface area (Å²) in [4.78, 5) is 16.3. The summed E-state index contributed by atoms with van der Waals surface area (Å²) in [6, 6.07) is 9.67. The molecule has 1 fully saturated rings. The van der Waals surface area contributed by atoms with E-state index in [1.165, 1.54) is 11.1 Å². The maximum Gasteiger partial charge on any atom is 0.225 e. The minimum atomic E-state index is -0.0295. The number of ether oxygens (including phenoxy) is 2. The maximum absolute atomic E-state index is 12.0. The maximum atomic E-state index is 12.0. The fourth-order valence-electron chi connectivity index (χ4n) is 2.59. The lowest BCUT2D eigenvalue weighted by Gasteiger charge is -2.11. The summed E-state index contributed by atoms with van der Waals surface area (Å²) >= 11 is 0. The van der Waals surface area contributed by atoms with Crippen molar-refractivity contribution < 1.29 is 14.3 Å². The van der Waals surface area contributed by atoms with Crippen LogP contribution in [0.1, 0.15) is 23.1 Å². The third-order valence-corrected chi connectivity index (χ3v) is 4.27. The molecule has 0 saturated carbocycles. The molecule has 1 amide bonds. The van der Waals surface area contributed by atoms with Gasteiger partial charge in [0.05, 0.1) is 12.5 Å². The van der Waals surface area contributed by atoms with Gasteiger partial charge in [-0.1, -0.05) is 6.07 Å². The molecule has 5 nitrogen and oxygen atoms in total. The summed E-state index contributed by atoms with van der Waals surface area (Å²) in [7, 11) is 0. The van der Waals surface area contributed by atoms with E-state index in [4.69, 9.17) is 9.47 Å². The Kier molecular flexibility index (Phi) is 5.11. The van der Waals surface area contributed by atoms with E-state index in [9.17, 15) is 4.79 Å². The van der Waals surface area contributed by atoms with E-state index in [-0.39, 0.29) is 11.8 Å². The van der Waals surface area contributed by atoms with Crippen molar-refractivity contribution in [3.8, 4) is 11.6 Å². The topological polar surface area (TPSA) is 60.5 Å². The van der Waals surface area contributed by atoms with Crippen LogP contribution < -0.4 is 10.1 Å². The van der Waals surface area contributed by atoms with E-state index in [0.717, 1.165) is 17.7 Å². The third-order valence-electron chi connectivity index (χ3n) is 4.27. The van der Waals surface area contributed by atoms with Crippen molar-refractivity contribution in [1.82, 2.24) is 10.3 Å². The Morgan fingerprint density at radius 2 is 2.17 bits per heavy atom. The minimum absolute atomic E-state index is 0.0295. The third kappa shape index (κ3) is 4.11. The predicted octanol–water partition coefficient (Wildman–Crippen LogP) is 3.14. The molecule has 0 radical (unpaired) electrons. The molecule has 1 N–H and O–H groups in total. The molecular formula is C19H22N2O3. The van der Waals surface area contributed by atoms with Gasteiger partial charge in [-0.25, -0.2) is 4.98 Å². The van der Waals surface area contributed by atoms with Gasteiger partial charge >= 0.3 is 0 Å². The Morgan fingerprint density at radius 3 is 2.92 bits per heavy atom. The van der Waals surface area contributed by atoms with E-state index in [1.54, 1.807) is 6.20 Å². The van der Waals surface area contributed by atoms with Crippen LogP contribution in [0, 0.1) is 19.8 Å². The van der Waals surface area contributed by atoms with E-state index in [1.807, 2.05) is 37.3 Å². The average Bonchev–Trinajstić information content (AvgIpc) is 3.11. The van der Waals surface area contributed by atoms with Gasteiger partial charge in [-0.3, -0.25) is 4.79 Å². The van der Waals surface area contributed by atoms with Gasteiger partial charge in [0.2, 0.25) is 11.8 Å². The second-order valence-corrected chi connectivity index (χ2v) is 6.13. The van der Waals surface area contributed by atoms with Crippen LogP contribution in [0.4, 0.5) is 0 Å². The molecule has 2 aromatic rings. The van der Waals surface area contributed by atoms with Gasteiger partial charge in [-0.05, 0) is 55.2 Å². The van der Waals surface area contributed by atoms with E-state index in [0.29, 0.717) is 25.6 Å². The van der Waals surface area contributed by atoms with Crippen LogP contribution in [-0.4, -0.2) is 24.1 Å². The standard InChI is InChI=1S/C19H22N2O3/c1-13-3-4-17(9-14(13)2)24-18-10-15(5-7-20-18)11-21-19(22)16-6-8-23-12-16/h3-5,7,9-10,16H,6,8,11-12H2,1-2H3,(H,21,22)/t16-/m1/s1. The first-order valence-corrected chi connectivity index (χ1v) is 8.17. The van der Waals surface area contributed by atoms with Gasteiger partial charge in [0, 0.05) is 25.4 Å². The fourth-order valence-corrected chi connectivity index (χ4v) is 2.59. The van der Waals surface area contributed by atoms with Crippen LogP contribution in [-0.2, 0) is 16.1 Å². The molecule has 5 heteroatoms. The van der Waals surface area contributed by atoms with Crippen molar-refractivity contribution >= 4 is 5.91 Å². The van der Waals surface area contributed by atoms with Crippen molar-refractivity contribution in [2.24, 2.45) is 5.92 Å². The van der Waals surface area contributed by atoms with Crippen LogP contribution in [0.5, 0.6) is 11.6 Å². The number of benzene rings is 1. The van der Waals surface area contributed by atoms with E-state index in [2.05, 4.69) is 17.2 Å². The van der Waals surface area contributed by atoms with Crippen molar-refractivity contribution in [3.05, 3.63) is 53.2 Å². The molecule has 3 rings (SSSR count). The Hall–Kier alpha value is -2.40. The van der Waals surface area contributed by atoms with Gasteiger partial charge < -0.3 is 14.8 Å². The summed E-state index contributed by atoms with van der Waals surface area (Å²) in [6.07, 6.45) is 2.49. The monoisotopic (exact) mass is 326 g/mol. The summed E-state index contributed by atoms with van der Waals surface area (Å²) < 4.78 is 11.1. The lowest BCUT2D eigenvalue weighted by Crippen LogP contribution is -2.30. The first-order valence-electron chi connectivity index (χ1n) is 8.17. The SMILES string of the molecule is Cc1ccc(Oc2cc(CNC(=O)[C@@H]3CCOC3)ccn2)cc1C. The summed E-state index contributed by atoms with van der Waals surface area (Å²) in [5.74, 6) is 1.29. The van der Waals surface area contributed by atoms with Crippen LogP contribution >= 0.6 is 0 Å². The summed E-state index contributed by atoms with van der Waals surface area (Å²) in [5.41, 5.74) is 3.36. The molecule has 1 aromatic heterocycles. The first kappa shape index (κ1) is 16.5. The Bertz CT molecular complexity index is 724. The number of rotatable bonds is 5. The van der Waals surface area contributed by atoms with Gasteiger partial charge in [0.15, 0.2) is 0 Å². The van der Waals surface area contributed by atoms with Crippen molar-refractivity contribution in [3.63, 3.8) is 0 Å². The van der Waals surface area contributed by atoms with Crippen molar-refractivity contribution in [2.45, 2.75) is 26.8 Å². The number of nitrogens with one attached hydrogen (secondary N) is 1. The van der Waals surface area contributed by atoms with Crippen LogP contribution in [0.2, 0.25) is 0 Å². The number of hydrogen-bond acceptors (Lipinski definition) is 4. The number of aromatic nitrogens is 1. The lowest BCUT2D eigenvalue weighted by molar-refractivity contribution is -0.125. The van der Waals surface area contributed by atoms with Gasteiger partial charge in [-0.15, -0.1) is 0 Å². The number of carbonyl (C=O) groups is 1. The molecule has 24 heavy (non-hydrogen) atoms. The van der Waals surface area contributed by atoms with E-state index < -0.39 is 0 Å². The zero-order chi connectivity index (χ0) is 16.9. The predicted molar refractivity (Wildman–Crippen MR) is 91.0 cm³/mol. The Balaban J connectivity index is 1.61. The van der Waals surface area contributed by atoms with Crippen LogP contribution in [0.15, 0.2) is 36.5 Å². The first-order chi connectivity index (χ1) is 11.6. The molecule has 0 spiro atoms. The van der Waals surface area contributed by atoms with Crippen LogP contribution in [0.3, 0.4) is 0 Å². The molecular weight excluding hydrogens is 304 g/mol. The molecule has 126 valence electrons. The molecule has 0 bridgehead atoms. The van der Waals surface area contributed by atoms with Crippen molar-refractivity contribution in [2.75, 3.05) is 13.2 Å². The molecule has 2 heterocycles. The highest BCUT2D eigenvalue weighted by Crippen LogP contribution is 2.22. The van der Waals surface area contributed by atoms with Crippen LogP contribution in [0.25, 0.3) is 0 Å². The zero-order valence-corrected chi connectivity index (χ0v) is 14.0. The zero-order valence-electron chi connectivity index (χ0n) is 14.0. The van der Waals surface area contributed by atoms with E-state index >= 15 is 0 Å². The lowest BCUT2D eigenvalue weighted by atomic mass is 10.1. The number of pyridine rings is 1. The molecule has 1 aliphatic heterocycles. The minimum Gasteiger partial charge on any atom is -0.439 e. The molecule has 1 aromatic carbocycles. The molecule has 1 atom stereocenters. The average molecular weight is 326 g/mol. The largest absolute Gasteiger partial charge is 0.439 e. The Morgan fingerprint density at radius 1 is 1.29 bits per heavy atom. The van der Waals surface area contributed by atoms with Gasteiger partial charge in [-0.2, -0.15) is 0 Å². The smallest absolute Gasteiger partial charge is 0.225 e. The number of carbonyl (C=O) groups excluding carboxylic acids is 1. The quantitative estimate of drug-likeness (QED) is 0.917. The highest BCUT2D eigenvalue weighted by molar-refractivity contribution is 5.78.